The molecule has 8 heteroatoms. The van der Waals surface area contributed by atoms with Crippen molar-refractivity contribution in [2.75, 3.05) is 11.9 Å². The molecule has 0 saturated carbocycles. The van der Waals surface area contributed by atoms with E-state index >= 15 is 0 Å². The first-order valence-corrected chi connectivity index (χ1v) is 10.3. The maximum Gasteiger partial charge on any atom is 0.411 e. The summed E-state index contributed by atoms with van der Waals surface area (Å²) in [6.07, 6.45) is 1.89. The van der Waals surface area contributed by atoms with Crippen molar-refractivity contribution in [1.82, 2.24) is 5.32 Å². The summed E-state index contributed by atoms with van der Waals surface area (Å²) in [7, 11) is 0. The summed E-state index contributed by atoms with van der Waals surface area (Å²) >= 11 is 0. The van der Waals surface area contributed by atoms with Crippen molar-refractivity contribution in [3.63, 3.8) is 0 Å². The van der Waals surface area contributed by atoms with Crippen LogP contribution in [0, 0.1) is 0 Å². The van der Waals surface area contributed by atoms with Crippen LogP contribution in [-0.4, -0.2) is 35.7 Å². The van der Waals surface area contributed by atoms with Gasteiger partial charge in [-0.3, -0.25) is 10.1 Å². The number of furan rings is 1. The number of carbonyl (C=O) groups is 3. The molecule has 1 aliphatic rings. The quantitative estimate of drug-likeness (QED) is 0.442. The van der Waals surface area contributed by atoms with Crippen LogP contribution in [0.4, 0.5) is 10.5 Å². The highest BCUT2D eigenvalue weighted by atomic mass is 16.5. The monoisotopic (exact) mass is 446 g/mol. The molecule has 1 aliphatic carbocycles. The molecule has 33 heavy (non-hydrogen) atoms. The minimum Gasteiger partial charge on any atom is -0.480 e. The molecule has 0 aliphatic heterocycles. The topological polar surface area (TPSA) is 118 Å². The van der Waals surface area contributed by atoms with E-state index < -0.39 is 24.0 Å². The van der Waals surface area contributed by atoms with Crippen molar-refractivity contribution < 1.29 is 28.6 Å². The third kappa shape index (κ3) is 4.50. The first-order chi connectivity index (χ1) is 16.0. The normalized spacial score (nSPS) is 12.8. The van der Waals surface area contributed by atoms with Gasteiger partial charge in [-0.2, -0.15) is 0 Å². The molecule has 168 valence electrons. The summed E-state index contributed by atoms with van der Waals surface area (Å²) in [5.74, 6) is -2.31. The Balaban J connectivity index is 1.42. The van der Waals surface area contributed by atoms with Crippen molar-refractivity contribution in [3.05, 3.63) is 90.4 Å². The molecule has 1 unspecified atom stereocenters. The molecule has 8 nitrogen and oxygen atoms in total. The van der Waals surface area contributed by atoms with Crippen molar-refractivity contribution in [1.29, 1.82) is 0 Å². The molecule has 4 rings (SSSR count). The van der Waals surface area contributed by atoms with Crippen LogP contribution >= 0.6 is 0 Å². The summed E-state index contributed by atoms with van der Waals surface area (Å²) in [6, 6.07) is 16.2. The number of fused-ring (bicyclic) bond motifs is 3. The van der Waals surface area contributed by atoms with Gasteiger partial charge in [-0.15, -0.1) is 6.58 Å². The number of amides is 2. The van der Waals surface area contributed by atoms with Gasteiger partial charge in [0.05, 0.1) is 12.0 Å². The Morgan fingerprint density at radius 3 is 2.30 bits per heavy atom. The number of carboxylic acids is 1. The molecule has 0 bridgehead atoms. The van der Waals surface area contributed by atoms with Gasteiger partial charge in [-0.25, -0.2) is 9.59 Å². The summed E-state index contributed by atoms with van der Waals surface area (Å²) in [5, 5.41) is 14.0. The molecule has 1 heterocycles. The molecule has 1 atom stereocenters. The number of hydrogen-bond donors (Lipinski definition) is 3. The molecule has 0 radical (unpaired) electrons. The number of aliphatic carboxylic acids is 1. The van der Waals surface area contributed by atoms with Crippen LogP contribution in [0.15, 0.2) is 77.9 Å². The minimum absolute atomic E-state index is 0.0386. The Morgan fingerprint density at radius 1 is 1.06 bits per heavy atom. The van der Waals surface area contributed by atoms with Gasteiger partial charge in [0.1, 0.15) is 12.6 Å². The molecular formula is C25H22N2O6. The summed E-state index contributed by atoms with van der Waals surface area (Å²) < 4.78 is 10.6. The second-order valence-corrected chi connectivity index (χ2v) is 7.50. The summed E-state index contributed by atoms with van der Waals surface area (Å²) in [4.78, 5) is 36.2. The molecule has 2 amide bonds. The second kappa shape index (κ2) is 9.44. The average Bonchev–Trinajstić information content (AvgIpc) is 3.40. The number of carboxylic acid groups (broad SMARTS) is 1. The van der Waals surface area contributed by atoms with Crippen molar-refractivity contribution in [2.24, 2.45) is 0 Å². The number of hydrogen-bond acceptors (Lipinski definition) is 5. The molecule has 0 fully saturated rings. The van der Waals surface area contributed by atoms with E-state index in [1.807, 2.05) is 48.5 Å². The van der Waals surface area contributed by atoms with Gasteiger partial charge >= 0.3 is 12.1 Å². The van der Waals surface area contributed by atoms with Crippen LogP contribution in [0.1, 0.15) is 34.0 Å². The van der Waals surface area contributed by atoms with E-state index in [9.17, 15) is 19.5 Å². The van der Waals surface area contributed by atoms with Crippen molar-refractivity contribution in [2.45, 2.75) is 18.4 Å². The summed E-state index contributed by atoms with van der Waals surface area (Å²) in [6.45, 7) is 3.59. The SMILES string of the molecule is C=CCC(NC(=O)c1occc1NC(=O)OCC1c2ccccc2-c2ccccc21)C(=O)O. The highest BCUT2D eigenvalue weighted by Crippen LogP contribution is 2.44. The van der Waals surface area contributed by atoms with Gasteiger partial charge in [-0.05, 0) is 28.7 Å². The highest BCUT2D eigenvalue weighted by Gasteiger charge is 2.29. The fourth-order valence-corrected chi connectivity index (χ4v) is 3.94. The van der Waals surface area contributed by atoms with Crippen LogP contribution in [0.2, 0.25) is 0 Å². The van der Waals surface area contributed by atoms with Gasteiger partial charge in [-0.1, -0.05) is 54.6 Å². The Bertz CT molecular complexity index is 1170. The zero-order valence-electron chi connectivity index (χ0n) is 17.6. The lowest BCUT2D eigenvalue weighted by molar-refractivity contribution is -0.139. The number of rotatable bonds is 8. The van der Waals surface area contributed by atoms with Crippen LogP contribution in [0.3, 0.4) is 0 Å². The van der Waals surface area contributed by atoms with E-state index in [0.717, 1.165) is 22.3 Å². The number of anilines is 1. The fraction of sp³-hybridized carbons (Fsp3) is 0.160. The molecule has 0 saturated heterocycles. The lowest BCUT2D eigenvalue weighted by Gasteiger charge is -2.15. The standard InChI is InChI=1S/C25H22N2O6/c1-2-7-21(24(29)30)26-23(28)22-20(12-13-32-22)27-25(31)33-14-19-17-10-5-3-8-15(17)16-9-4-6-11-18(16)19/h2-6,8-13,19,21H,1,7,14H2,(H,26,28)(H,27,31)(H,29,30). The first kappa shape index (κ1) is 21.9. The fourth-order valence-electron chi connectivity index (χ4n) is 3.94. The Hall–Kier alpha value is -4.33. The van der Waals surface area contributed by atoms with Gasteiger partial charge in [0, 0.05) is 12.0 Å². The highest BCUT2D eigenvalue weighted by molar-refractivity contribution is 6.01. The molecule has 1 aromatic heterocycles. The van der Waals surface area contributed by atoms with Gasteiger partial charge in [0.25, 0.3) is 5.91 Å². The zero-order valence-corrected chi connectivity index (χ0v) is 17.6. The number of ether oxygens (including phenoxy) is 1. The largest absolute Gasteiger partial charge is 0.480 e. The Labute approximate surface area is 189 Å². The minimum atomic E-state index is -1.21. The maximum absolute atomic E-state index is 12.5. The Morgan fingerprint density at radius 2 is 1.70 bits per heavy atom. The molecular weight excluding hydrogens is 424 g/mol. The number of nitrogens with one attached hydrogen (secondary N) is 2. The third-order valence-corrected chi connectivity index (χ3v) is 5.46. The molecule has 2 aromatic carbocycles. The third-order valence-electron chi connectivity index (χ3n) is 5.46. The molecule has 3 aromatic rings. The van der Waals surface area contributed by atoms with E-state index in [-0.39, 0.29) is 30.4 Å². The smallest absolute Gasteiger partial charge is 0.411 e. The van der Waals surface area contributed by atoms with E-state index in [2.05, 4.69) is 17.2 Å². The van der Waals surface area contributed by atoms with Crippen molar-refractivity contribution >= 4 is 23.7 Å². The first-order valence-electron chi connectivity index (χ1n) is 10.3. The van der Waals surface area contributed by atoms with Gasteiger partial charge in [0.15, 0.2) is 0 Å². The maximum atomic E-state index is 12.5. The van der Waals surface area contributed by atoms with Crippen LogP contribution in [0.25, 0.3) is 11.1 Å². The Kier molecular flexibility index (Phi) is 6.26. The van der Waals surface area contributed by atoms with E-state index in [0.29, 0.717) is 0 Å². The van der Waals surface area contributed by atoms with Crippen molar-refractivity contribution in [3.8, 4) is 11.1 Å². The van der Waals surface area contributed by atoms with E-state index in [4.69, 9.17) is 9.15 Å². The summed E-state index contributed by atoms with van der Waals surface area (Å²) in [5.41, 5.74) is 4.47. The van der Waals surface area contributed by atoms with Gasteiger partial charge < -0.3 is 19.6 Å². The van der Waals surface area contributed by atoms with Crippen LogP contribution in [-0.2, 0) is 9.53 Å². The van der Waals surface area contributed by atoms with Gasteiger partial charge in [0.2, 0.25) is 5.76 Å². The van der Waals surface area contributed by atoms with E-state index in [1.165, 1.54) is 18.4 Å². The predicted octanol–water partition coefficient (Wildman–Crippen LogP) is 4.40. The van der Waals surface area contributed by atoms with Crippen LogP contribution < -0.4 is 10.6 Å². The predicted molar refractivity (Wildman–Crippen MR) is 121 cm³/mol. The van der Waals surface area contributed by atoms with E-state index in [1.54, 1.807) is 0 Å². The van der Waals surface area contributed by atoms with Crippen LogP contribution in [0.5, 0.6) is 0 Å². The molecule has 0 spiro atoms. The lowest BCUT2D eigenvalue weighted by atomic mass is 9.98. The molecule has 3 N–H and O–H groups in total. The lowest BCUT2D eigenvalue weighted by Crippen LogP contribution is -2.40. The average molecular weight is 446 g/mol. The zero-order chi connectivity index (χ0) is 23.4. The second-order valence-electron chi connectivity index (χ2n) is 7.50. The number of benzene rings is 2. The number of carbonyl (C=O) groups excluding carboxylic acids is 2.